The monoisotopic (exact) mass is 542 g/mol. The molecule has 10 nitrogen and oxygen atoms in total. The van der Waals surface area contributed by atoms with Crippen molar-refractivity contribution in [2.45, 2.75) is 44.2 Å². The molecule has 0 radical (unpaired) electrons. The molecule has 2 aromatic rings. The van der Waals surface area contributed by atoms with Gasteiger partial charge in [0.2, 0.25) is 15.9 Å². The third kappa shape index (κ3) is 5.27. The zero-order valence-electron chi connectivity index (χ0n) is 22.0. The quantitative estimate of drug-likeness (QED) is 0.328. The number of fused-ring (bicyclic) bond motifs is 1. The molecule has 3 N–H and O–H groups in total. The van der Waals surface area contributed by atoms with Gasteiger partial charge in [-0.2, -0.15) is 4.72 Å². The zero-order valence-corrected chi connectivity index (χ0v) is 22.8. The number of benzene rings is 2. The maximum Gasteiger partial charge on any atom is 0.268 e. The van der Waals surface area contributed by atoms with Crippen LogP contribution in [0.5, 0.6) is 5.75 Å². The van der Waals surface area contributed by atoms with E-state index < -0.39 is 21.5 Å². The standard InChI is InChI=1S/C27H34N4O6S/c1-5-31-19(4)14-20(23-8-6-7-9-24(23)31)15-37-21-10-12-22(13-11-21)38(35,36)29-27(26(33)28-34)16-30(17-27)25(32)18(2)3/h6-14,18-19,29,34H,5,15-17H2,1-4H3,(H,28,33). The molecule has 1 saturated heterocycles. The lowest BCUT2D eigenvalue weighted by molar-refractivity contribution is -0.152. The van der Waals surface area contributed by atoms with Gasteiger partial charge in [-0.15, -0.1) is 0 Å². The summed E-state index contributed by atoms with van der Waals surface area (Å²) in [6.07, 6.45) is 2.17. The number of likely N-dealkylation sites (N-methyl/N-ethyl adjacent to an activating group) is 1. The van der Waals surface area contributed by atoms with Crippen molar-refractivity contribution in [2.75, 3.05) is 31.1 Å². The van der Waals surface area contributed by atoms with Crippen molar-refractivity contribution in [3.8, 4) is 5.75 Å². The van der Waals surface area contributed by atoms with E-state index in [9.17, 15) is 23.2 Å². The van der Waals surface area contributed by atoms with Crippen molar-refractivity contribution >= 4 is 33.1 Å². The highest BCUT2D eigenvalue weighted by molar-refractivity contribution is 7.89. The first-order chi connectivity index (χ1) is 18.0. The third-order valence-electron chi connectivity index (χ3n) is 6.96. The second kappa shape index (κ2) is 10.8. The summed E-state index contributed by atoms with van der Waals surface area (Å²) in [6.45, 7) is 8.54. The van der Waals surface area contributed by atoms with Gasteiger partial charge in [-0.3, -0.25) is 14.8 Å². The maximum atomic E-state index is 13.1. The summed E-state index contributed by atoms with van der Waals surface area (Å²) in [5.74, 6) is -0.945. The predicted octanol–water partition coefficient (Wildman–Crippen LogP) is 2.40. The van der Waals surface area contributed by atoms with Crippen molar-refractivity contribution in [3.05, 3.63) is 60.2 Å². The van der Waals surface area contributed by atoms with Crippen molar-refractivity contribution < 1.29 is 28.0 Å². The summed E-state index contributed by atoms with van der Waals surface area (Å²) >= 11 is 0. The van der Waals surface area contributed by atoms with Crippen LogP contribution >= 0.6 is 0 Å². The van der Waals surface area contributed by atoms with E-state index in [-0.39, 0.29) is 35.9 Å². The lowest BCUT2D eigenvalue weighted by atomic mass is 9.89. The van der Waals surface area contributed by atoms with Gasteiger partial charge in [-0.25, -0.2) is 13.9 Å². The number of likely N-dealkylation sites (tertiary alicyclic amines) is 1. The van der Waals surface area contributed by atoms with E-state index >= 15 is 0 Å². The Labute approximate surface area is 223 Å². The number of hydroxylamine groups is 1. The first kappa shape index (κ1) is 27.6. The molecule has 0 aromatic heterocycles. The van der Waals surface area contributed by atoms with Crippen LogP contribution in [0, 0.1) is 5.92 Å². The number of nitrogens with zero attached hydrogens (tertiary/aromatic N) is 2. The van der Waals surface area contributed by atoms with Crippen molar-refractivity contribution in [1.29, 1.82) is 0 Å². The molecule has 204 valence electrons. The van der Waals surface area contributed by atoms with Gasteiger partial charge in [0, 0.05) is 29.8 Å². The molecule has 0 bridgehead atoms. The van der Waals surface area contributed by atoms with Gasteiger partial charge in [0.05, 0.1) is 18.0 Å². The maximum absolute atomic E-state index is 13.1. The highest BCUT2D eigenvalue weighted by Gasteiger charge is 2.53. The van der Waals surface area contributed by atoms with Crippen molar-refractivity contribution in [2.24, 2.45) is 5.92 Å². The molecule has 1 atom stereocenters. The molecule has 38 heavy (non-hydrogen) atoms. The SMILES string of the molecule is CCN1c2ccccc2C(COc2ccc(S(=O)(=O)NC3(C(=O)NO)CN(C(=O)C(C)C)C3)cc2)=CC1C. The number of amides is 2. The number of anilines is 1. The Kier molecular flexibility index (Phi) is 7.82. The van der Waals surface area contributed by atoms with Gasteiger partial charge in [0.15, 0.2) is 0 Å². The molecule has 11 heteroatoms. The van der Waals surface area contributed by atoms with Gasteiger partial charge >= 0.3 is 0 Å². The van der Waals surface area contributed by atoms with Crippen molar-refractivity contribution in [1.82, 2.24) is 15.1 Å². The zero-order chi connectivity index (χ0) is 27.7. The highest BCUT2D eigenvalue weighted by atomic mass is 32.2. The van der Waals surface area contributed by atoms with Gasteiger partial charge in [-0.05, 0) is 49.8 Å². The van der Waals surface area contributed by atoms with Gasteiger partial charge in [0.25, 0.3) is 5.91 Å². The van der Waals surface area contributed by atoms with Crippen LogP contribution in [0.4, 0.5) is 5.69 Å². The molecular formula is C27H34N4O6S. The third-order valence-corrected chi connectivity index (χ3v) is 8.51. The molecule has 4 rings (SSSR count). The molecule has 0 spiro atoms. The molecular weight excluding hydrogens is 508 g/mol. The Bertz CT molecular complexity index is 1330. The number of carbonyl (C=O) groups excluding carboxylic acids is 2. The van der Waals surface area contributed by atoms with E-state index in [0.717, 1.165) is 23.4 Å². The van der Waals surface area contributed by atoms with E-state index in [1.807, 2.05) is 12.1 Å². The van der Waals surface area contributed by atoms with Crippen LogP contribution in [0.15, 0.2) is 59.5 Å². The number of para-hydroxylation sites is 1. The fourth-order valence-corrected chi connectivity index (χ4v) is 6.30. The van der Waals surface area contributed by atoms with Gasteiger partial charge in [0.1, 0.15) is 17.9 Å². The van der Waals surface area contributed by atoms with Crippen LogP contribution in [-0.2, 0) is 19.6 Å². The Morgan fingerprint density at radius 1 is 1.13 bits per heavy atom. The van der Waals surface area contributed by atoms with Crippen LogP contribution in [0.25, 0.3) is 5.57 Å². The second-order valence-electron chi connectivity index (χ2n) is 9.97. The summed E-state index contributed by atoms with van der Waals surface area (Å²) < 4.78 is 34.6. The van der Waals surface area contributed by atoms with E-state index in [2.05, 4.69) is 41.7 Å². The molecule has 0 saturated carbocycles. The number of sulfonamides is 1. The van der Waals surface area contributed by atoms with Crippen LogP contribution < -0.4 is 19.8 Å². The summed E-state index contributed by atoms with van der Waals surface area (Å²) in [5.41, 5.74) is 3.17. The number of hydrogen-bond donors (Lipinski definition) is 3. The normalized spacial score (nSPS) is 18.4. The molecule has 2 aromatic carbocycles. The number of carbonyl (C=O) groups is 2. The largest absolute Gasteiger partial charge is 0.489 e. The van der Waals surface area contributed by atoms with E-state index in [0.29, 0.717) is 12.4 Å². The average molecular weight is 543 g/mol. The molecule has 2 aliphatic heterocycles. The topological polar surface area (TPSA) is 128 Å². The average Bonchev–Trinajstić information content (AvgIpc) is 2.88. The first-order valence-corrected chi connectivity index (χ1v) is 14.1. The highest BCUT2D eigenvalue weighted by Crippen LogP contribution is 2.34. The molecule has 1 unspecified atom stereocenters. The lowest BCUT2D eigenvalue weighted by Gasteiger charge is -2.48. The van der Waals surface area contributed by atoms with Gasteiger partial charge in [-0.1, -0.05) is 38.1 Å². The molecule has 0 aliphatic carbocycles. The number of ether oxygens (including phenoxy) is 1. The Hall–Kier alpha value is -3.41. The fourth-order valence-electron chi connectivity index (χ4n) is 4.95. The smallest absolute Gasteiger partial charge is 0.268 e. The Morgan fingerprint density at radius 3 is 2.39 bits per heavy atom. The van der Waals surface area contributed by atoms with Crippen LogP contribution in [0.1, 0.15) is 33.3 Å². The predicted molar refractivity (Wildman–Crippen MR) is 143 cm³/mol. The van der Waals surface area contributed by atoms with Crippen molar-refractivity contribution in [3.63, 3.8) is 0 Å². The van der Waals surface area contributed by atoms with E-state index in [1.165, 1.54) is 22.5 Å². The van der Waals surface area contributed by atoms with Gasteiger partial charge < -0.3 is 14.5 Å². The number of hydrogen-bond acceptors (Lipinski definition) is 7. The number of rotatable bonds is 9. The molecule has 2 aliphatic rings. The second-order valence-corrected chi connectivity index (χ2v) is 11.7. The minimum Gasteiger partial charge on any atom is -0.489 e. The number of nitrogens with one attached hydrogen (secondary N) is 2. The summed E-state index contributed by atoms with van der Waals surface area (Å²) in [4.78, 5) is 28.2. The van der Waals surface area contributed by atoms with Crippen LogP contribution in [0.3, 0.4) is 0 Å². The molecule has 2 amide bonds. The summed E-state index contributed by atoms with van der Waals surface area (Å²) in [7, 11) is -4.14. The molecule has 1 fully saturated rings. The van der Waals surface area contributed by atoms with Crippen LogP contribution in [-0.4, -0.2) is 68.2 Å². The lowest BCUT2D eigenvalue weighted by Crippen LogP contribution is -2.77. The van der Waals surface area contributed by atoms with Crippen LogP contribution in [0.2, 0.25) is 0 Å². The minimum atomic E-state index is -4.14. The fraction of sp³-hybridized carbons (Fsp3) is 0.407. The first-order valence-electron chi connectivity index (χ1n) is 12.6. The summed E-state index contributed by atoms with van der Waals surface area (Å²) in [6, 6.07) is 14.3. The summed E-state index contributed by atoms with van der Waals surface area (Å²) in [5, 5.41) is 9.18. The Balaban J connectivity index is 1.45. The minimum absolute atomic E-state index is 0.0713. The Morgan fingerprint density at radius 2 is 1.79 bits per heavy atom. The molecule has 2 heterocycles. The van der Waals surface area contributed by atoms with E-state index in [4.69, 9.17) is 4.74 Å². The van der Waals surface area contributed by atoms with E-state index in [1.54, 1.807) is 26.0 Å².